The van der Waals surface area contributed by atoms with Gasteiger partial charge in [0.15, 0.2) is 11.7 Å². The number of amides is 1. The molecule has 2 heterocycles. The Balaban J connectivity index is 1.36. The van der Waals surface area contributed by atoms with Crippen molar-refractivity contribution in [3.05, 3.63) is 65.8 Å². The van der Waals surface area contributed by atoms with Gasteiger partial charge in [0.2, 0.25) is 5.91 Å². The molecule has 3 rings (SSSR count). The SMILES string of the molecule is O=C(CCc1ncc(-c2c(F)cccc2F)o1)NCCCNc1ccc(C(F)(F)F)cn1. The number of carbonyl (C=O) groups excluding carboxylic acids is 1. The van der Waals surface area contributed by atoms with Crippen LogP contribution in [-0.2, 0) is 17.4 Å². The molecule has 2 aromatic heterocycles. The monoisotopic (exact) mass is 454 g/mol. The zero-order chi connectivity index (χ0) is 23.1. The molecule has 32 heavy (non-hydrogen) atoms. The maximum Gasteiger partial charge on any atom is 0.417 e. The zero-order valence-corrected chi connectivity index (χ0v) is 16.7. The Morgan fingerprint density at radius 3 is 2.41 bits per heavy atom. The fraction of sp³-hybridized carbons (Fsp3) is 0.286. The first-order chi connectivity index (χ1) is 15.2. The van der Waals surface area contributed by atoms with Crippen LogP contribution in [0, 0.1) is 11.6 Å². The Labute approximate surface area is 179 Å². The van der Waals surface area contributed by atoms with Crippen LogP contribution in [0.5, 0.6) is 0 Å². The summed E-state index contributed by atoms with van der Waals surface area (Å²) in [6.45, 7) is 0.736. The number of anilines is 1. The zero-order valence-electron chi connectivity index (χ0n) is 16.7. The number of hydrogen-bond donors (Lipinski definition) is 2. The van der Waals surface area contributed by atoms with E-state index in [2.05, 4.69) is 20.6 Å². The molecule has 6 nitrogen and oxygen atoms in total. The van der Waals surface area contributed by atoms with Gasteiger partial charge in [-0.1, -0.05) is 6.07 Å². The van der Waals surface area contributed by atoms with E-state index in [1.165, 1.54) is 18.3 Å². The first-order valence-corrected chi connectivity index (χ1v) is 9.67. The summed E-state index contributed by atoms with van der Waals surface area (Å²) >= 11 is 0. The highest BCUT2D eigenvalue weighted by Gasteiger charge is 2.30. The normalized spacial score (nSPS) is 11.4. The number of nitrogens with one attached hydrogen (secondary N) is 2. The maximum atomic E-state index is 13.8. The summed E-state index contributed by atoms with van der Waals surface area (Å²) in [5, 5.41) is 5.55. The second kappa shape index (κ2) is 10.2. The smallest absolute Gasteiger partial charge is 0.417 e. The van der Waals surface area contributed by atoms with E-state index in [0.29, 0.717) is 25.3 Å². The molecule has 2 N–H and O–H groups in total. The van der Waals surface area contributed by atoms with E-state index in [1.807, 2.05) is 0 Å². The number of pyridine rings is 1. The number of oxazole rings is 1. The van der Waals surface area contributed by atoms with Crippen LogP contribution in [0.1, 0.15) is 24.3 Å². The molecule has 0 unspecified atom stereocenters. The number of aryl methyl sites for hydroxylation is 1. The second-order valence-electron chi connectivity index (χ2n) is 6.78. The molecule has 3 aromatic rings. The Hall–Kier alpha value is -3.50. The topological polar surface area (TPSA) is 80.0 Å². The lowest BCUT2D eigenvalue weighted by molar-refractivity contribution is -0.137. The Bertz CT molecular complexity index is 1030. The molecule has 1 aromatic carbocycles. The van der Waals surface area contributed by atoms with E-state index in [4.69, 9.17) is 4.42 Å². The van der Waals surface area contributed by atoms with Gasteiger partial charge in [-0.15, -0.1) is 0 Å². The third-order valence-corrected chi connectivity index (χ3v) is 4.40. The van der Waals surface area contributed by atoms with Crippen molar-refractivity contribution in [1.82, 2.24) is 15.3 Å². The maximum absolute atomic E-state index is 13.8. The highest BCUT2D eigenvalue weighted by molar-refractivity contribution is 5.76. The van der Waals surface area contributed by atoms with Gasteiger partial charge in [0.05, 0.1) is 17.3 Å². The van der Waals surface area contributed by atoms with Gasteiger partial charge >= 0.3 is 6.18 Å². The first-order valence-electron chi connectivity index (χ1n) is 9.67. The van der Waals surface area contributed by atoms with E-state index in [-0.39, 0.29) is 36.0 Å². The third kappa shape index (κ3) is 6.25. The Morgan fingerprint density at radius 2 is 1.75 bits per heavy atom. The molecule has 0 saturated carbocycles. The highest BCUT2D eigenvalue weighted by atomic mass is 19.4. The van der Waals surface area contributed by atoms with Crippen LogP contribution >= 0.6 is 0 Å². The van der Waals surface area contributed by atoms with Crippen LogP contribution in [-0.4, -0.2) is 29.0 Å². The minimum atomic E-state index is -4.43. The summed E-state index contributed by atoms with van der Waals surface area (Å²) in [6.07, 6.45) is -1.75. The Kier molecular flexibility index (Phi) is 7.39. The molecule has 0 fully saturated rings. The van der Waals surface area contributed by atoms with Crippen LogP contribution in [0.15, 0.2) is 47.1 Å². The van der Waals surface area contributed by atoms with Crippen molar-refractivity contribution in [2.24, 2.45) is 0 Å². The molecular formula is C21H19F5N4O2. The minimum Gasteiger partial charge on any atom is -0.441 e. The van der Waals surface area contributed by atoms with E-state index in [0.717, 1.165) is 24.4 Å². The summed E-state index contributed by atoms with van der Waals surface area (Å²) in [5.41, 5.74) is -1.14. The first kappa shape index (κ1) is 23.2. The molecular weight excluding hydrogens is 435 g/mol. The van der Waals surface area contributed by atoms with Gasteiger partial charge in [0.1, 0.15) is 17.5 Å². The van der Waals surface area contributed by atoms with E-state index in [9.17, 15) is 26.7 Å². The number of carbonyl (C=O) groups is 1. The summed E-state index contributed by atoms with van der Waals surface area (Å²) in [4.78, 5) is 19.6. The van der Waals surface area contributed by atoms with Crippen LogP contribution in [0.4, 0.5) is 27.8 Å². The van der Waals surface area contributed by atoms with Crippen molar-refractivity contribution in [1.29, 1.82) is 0 Å². The largest absolute Gasteiger partial charge is 0.441 e. The minimum absolute atomic E-state index is 0.0565. The lowest BCUT2D eigenvalue weighted by Gasteiger charge is -2.09. The van der Waals surface area contributed by atoms with E-state index in [1.54, 1.807) is 0 Å². The number of nitrogens with zero attached hydrogens (tertiary/aromatic N) is 2. The predicted molar refractivity (Wildman–Crippen MR) is 106 cm³/mol. The van der Waals surface area contributed by atoms with Crippen LogP contribution in [0.2, 0.25) is 0 Å². The van der Waals surface area contributed by atoms with E-state index >= 15 is 0 Å². The number of halogens is 5. The second-order valence-corrected chi connectivity index (χ2v) is 6.78. The van der Waals surface area contributed by atoms with Crippen LogP contribution < -0.4 is 10.6 Å². The molecule has 0 aliphatic carbocycles. The number of aromatic nitrogens is 2. The molecule has 0 atom stereocenters. The van der Waals surface area contributed by atoms with Crippen LogP contribution in [0.25, 0.3) is 11.3 Å². The summed E-state index contributed by atoms with van der Waals surface area (Å²) < 4.78 is 70.4. The molecule has 0 saturated heterocycles. The average molecular weight is 454 g/mol. The quantitative estimate of drug-likeness (QED) is 0.365. The summed E-state index contributed by atoms with van der Waals surface area (Å²) in [7, 11) is 0. The predicted octanol–water partition coefficient (Wildman–Crippen LogP) is 4.58. The highest BCUT2D eigenvalue weighted by Crippen LogP contribution is 2.29. The van der Waals surface area contributed by atoms with Crippen molar-refractivity contribution in [2.45, 2.75) is 25.4 Å². The van der Waals surface area contributed by atoms with Gasteiger partial charge in [-0.05, 0) is 30.7 Å². The lowest BCUT2D eigenvalue weighted by Crippen LogP contribution is -2.26. The summed E-state index contributed by atoms with van der Waals surface area (Å²) in [6, 6.07) is 5.63. The number of rotatable bonds is 9. The van der Waals surface area contributed by atoms with Gasteiger partial charge in [-0.2, -0.15) is 13.2 Å². The van der Waals surface area contributed by atoms with Crippen molar-refractivity contribution >= 4 is 11.7 Å². The van der Waals surface area contributed by atoms with Gasteiger partial charge in [-0.25, -0.2) is 18.7 Å². The fourth-order valence-corrected chi connectivity index (χ4v) is 2.78. The van der Waals surface area contributed by atoms with Crippen molar-refractivity contribution in [3.63, 3.8) is 0 Å². The molecule has 0 aliphatic rings. The number of alkyl halides is 3. The van der Waals surface area contributed by atoms with Gasteiger partial charge in [-0.3, -0.25) is 4.79 Å². The molecule has 0 radical (unpaired) electrons. The van der Waals surface area contributed by atoms with Crippen molar-refractivity contribution < 1.29 is 31.2 Å². The molecule has 0 bridgehead atoms. The van der Waals surface area contributed by atoms with Gasteiger partial charge < -0.3 is 15.1 Å². The number of hydrogen-bond acceptors (Lipinski definition) is 5. The Morgan fingerprint density at radius 1 is 1.00 bits per heavy atom. The van der Waals surface area contributed by atoms with Gasteiger partial charge in [0.25, 0.3) is 0 Å². The lowest BCUT2D eigenvalue weighted by atomic mass is 10.1. The summed E-state index contributed by atoms with van der Waals surface area (Å²) in [5.74, 6) is -1.40. The van der Waals surface area contributed by atoms with E-state index < -0.39 is 23.4 Å². The third-order valence-electron chi connectivity index (χ3n) is 4.40. The molecule has 1 amide bonds. The molecule has 0 aliphatic heterocycles. The number of benzene rings is 1. The molecule has 170 valence electrons. The van der Waals surface area contributed by atoms with Crippen molar-refractivity contribution in [3.8, 4) is 11.3 Å². The fourth-order valence-electron chi connectivity index (χ4n) is 2.78. The van der Waals surface area contributed by atoms with Crippen LogP contribution in [0.3, 0.4) is 0 Å². The average Bonchev–Trinajstić information content (AvgIpc) is 3.20. The molecule has 0 spiro atoms. The standard InChI is InChI=1S/C21H19F5N4O2/c22-14-3-1-4-15(23)20(14)16-12-30-19(32-16)8-7-18(31)28-10-2-9-27-17-6-5-13(11-29-17)21(24,25)26/h1,3-6,11-12H,2,7-10H2,(H,27,29)(H,28,31). The molecule has 11 heteroatoms. The van der Waals surface area contributed by atoms with Crippen molar-refractivity contribution in [2.75, 3.05) is 18.4 Å². The van der Waals surface area contributed by atoms with Gasteiger partial charge in [0, 0.05) is 32.1 Å².